The summed E-state index contributed by atoms with van der Waals surface area (Å²) in [5.41, 5.74) is 0.446. The van der Waals surface area contributed by atoms with Crippen LogP contribution in [0.4, 0.5) is 0 Å². The molecule has 0 aromatic heterocycles. The number of piperidine rings is 1. The molecule has 0 bridgehead atoms. The number of hydrogen-bond donors (Lipinski definition) is 1. The largest absolute Gasteiger partial charge is 0.380 e. The molecule has 0 amide bonds. The molecule has 0 aromatic rings. The fourth-order valence-corrected chi connectivity index (χ4v) is 3.45. The van der Waals surface area contributed by atoms with E-state index in [1.54, 1.807) is 0 Å². The minimum atomic E-state index is 0.423. The molecule has 2 unspecified atom stereocenters. The van der Waals surface area contributed by atoms with Gasteiger partial charge in [-0.05, 0) is 50.0 Å². The Bertz CT molecular complexity index is 287. The van der Waals surface area contributed by atoms with Crippen molar-refractivity contribution < 1.29 is 4.74 Å². The summed E-state index contributed by atoms with van der Waals surface area (Å²) in [5.74, 6) is 0.707. The quantitative estimate of drug-likeness (QED) is 0.741. The average Bonchev–Trinajstić information content (AvgIpc) is 3.29. The van der Waals surface area contributed by atoms with Gasteiger partial charge in [-0.2, -0.15) is 0 Å². The summed E-state index contributed by atoms with van der Waals surface area (Å²) in [6.45, 7) is 11.8. The van der Waals surface area contributed by atoms with Gasteiger partial charge in [0.05, 0.1) is 6.10 Å². The van der Waals surface area contributed by atoms with Gasteiger partial charge < -0.3 is 15.0 Å². The maximum Gasteiger partial charge on any atom is 0.0724 e. The van der Waals surface area contributed by atoms with Crippen LogP contribution in [-0.2, 0) is 4.74 Å². The lowest BCUT2D eigenvalue weighted by atomic mass is 9.80. The normalized spacial score (nSPS) is 28.8. The molecule has 0 spiro atoms. The SMILES string of the molecule is CCC(CC)(CNC1CC1)CN1CCC(C)C(OC)C1. The van der Waals surface area contributed by atoms with Gasteiger partial charge >= 0.3 is 0 Å². The number of methoxy groups -OCH3 is 1. The van der Waals surface area contributed by atoms with Gasteiger partial charge in [-0.3, -0.25) is 0 Å². The van der Waals surface area contributed by atoms with Gasteiger partial charge in [0.1, 0.15) is 0 Å². The summed E-state index contributed by atoms with van der Waals surface area (Å²) < 4.78 is 5.67. The number of likely N-dealkylation sites (tertiary alicyclic amines) is 1. The highest BCUT2D eigenvalue weighted by Crippen LogP contribution is 2.31. The molecule has 3 heteroatoms. The monoisotopic (exact) mass is 282 g/mol. The van der Waals surface area contributed by atoms with E-state index in [-0.39, 0.29) is 0 Å². The third-order valence-corrected chi connectivity index (χ3v) is 5.68. The Balaban J connectivity index is 1.88. The third-order valence-electron chi connectivity index (χ3n) is 5.68. The minimum Gasteiger partial charge on any atom is -0.380 e. The molecular formula is C17H34N2O. The standard InChI is InChI=1S/C17H34N2O/c1-5-17(6-2,12-18-15-7-8-15)13-19-10-9-14(3)16(11-19)20-4/h14-16,18H,5-13H2,1-4H3. The van der Waals surface area contributed by atoms with E-state index in [9.17, 15) is 0 Å². The first-order valence-electron chi connectivity index (χ1n) is 8.61. The van der Waals surface area contributed by atoms with E-state index in [4.69, 9.17) is 4.74 Å². The fraction of sp³-hybridized carbons (Fsp3) is 1.00. The van der Waals surface area contributed by atoms with Crippen LogP contribution >= 0.6 is 0 Å². The lowest BCUT2D eigenvalue weighted by Gasteiger charge is -2.42. The molecule has 2 rings (SSSR count). The van der Waals surface area contributed by atoms with Crippen LogP contribution in [0.1, 0.15) is 52.9 Å². The highest BCUT2D eigenvalue weighted by Gasteiger charge is 2.34. The van der Waals surface area contributed by atoms with Crippen LogP contribution in [0.5, 0.6) is 0 Å². The van der Waals surface area contributed by atoms with Crippen LogP contribution in [-0.4, -0.2) is 50.3 Å². The number of hydrogen-bond acceptors (Lipinski definition) is 3. The molecule has 0 aromatic carbocycles. The van der Waals surface area contributed by atoms with Crippen molar-refractivity contribution in [3.05, 3.63) is 0 Å². The smallest absolute Gasteiger partial charge is 0.0724 e. The molecule has 0 radical (unpaired) electrons. The van der Waals surface area contributed by atoms with E-state index in [2.05, 4.69) is 31.0 Å². The van der Waals surface area contributed by atoms with E-state index in [1.165, 1.54) is 51.7 Å². The van der Waals surface area contributed by atoms with Crippen LogP contribution in [0.2, 0.25) is 0 Å². The summed E-state index contributed by atoms with van der Waals surface area (Å²) in [5, 5.41) is 3.77. The molecule has 1 N–H and O–H groups in total. The lowest BCUT2D eigenvalue weighted by Crippen LogP contribution is -2.50. The Morgan fingerprint density at radius 3 is 2.45 bits per heavy atom. The number of nitrogens with one attached hydrogen (secondary N) is 1. The van der Waals surface area contributed by atoms with Crippen molar-refractivity contribution in [2.24, 2.45) is 11.3 Å². The first kappa shape index (κ1) is 16.3. The van der Waals surface area contributed by atoms with Gasteiger partial charge in [0.15, 0.2) is 0 Å². The maximum atomic E-state index is 5.67. The molecule has 3 nitrogen and oxygen atoms in total. The summed E-state index contributed by atoms with van der Waals surface area (Å²) in [6.07, 6.45) is 7.01. The van der Waals surface area contributed by atoms with E-state index in [0.717, 1.165) is 12.6 Å². The molecule has 1 saturated carbocycles. The summed E-state index contributed by atoms with van der Waals surface area (Å²) >= 11 is 0. The zero-order valence-corrected chi connectivity index (χ0v) is 14.0. The molecule has 20 heavy (non-hydrogen) atoms. The van der Waals surface area contributed by atoms with Gasteiger partial charge in [-0.1, -0.05) is 20.8 Å². The number of ether oxygens (including phenoxy) is 1. The highest BCUT2D eigenvalue weighted by molar-refractivity contribution is 4.90. The summed E-state index contributed by atoms with van der Waals surface area (Å²) in [7, 11) is 1.87. The van der Waals surface area contributed by atoms with Gasteiger partial charge in [0.2, 0.25) is 0 Å². The molecule has 1 heterocycles. The van der Waals surface area contributed by atoms with Gasteiger partial charge in [-0.25, -0.2) is 0 Å². The van der Waals surface area contributed by atoms with E-state index in [1.807, 2.05) is 7.11 Å². The van der Waals surface area contributed by atoms with Crippen LogP contribution in [0.3, 0.4) is 0 Å². The van der Waals surface area contributed by atoms with Crippen molar-refractivity contribution in [3.63, 3.8) is 0 Å². The Morgan fingerprint density at radius 2 is 1.90 bits per heavy atom. The average molecular weight is 282 g/mol. The first-order valence-corrected chi connectivity index (χ1v) is 8.61. The van der Waals surface area contributed by atoms with Crippen molar-refractivity contribution in [2.75, 3.05) is 33.3 Å². The molecule has 1 aliphatic heterocycles. The fourth-order valence-electron chi connectivity index (χ4n) is 3.45. The second kappa shape index (κ2) is 7.24. The van der Waals surface area contributed by atoms with Crippen molar-refractivity contribution in [1.82, 2.24) is 10.2 Å². The first-order chi connectivity index (χ1) is 9.62. The molecule has 2 atom stereocenters. The zero-order chi connectivity index (χ0) is 14.6. The second-order valence-corrected chi connectivity index (χ2v) is 7.14. The highest BCUT2D eigenvalue weighted by atomic mass is 16.5. The van der Waals surface area contributed by atoms with E-state index in [0.29, 0.717) is 17.4 Å². The Hall–Kier alpha value is -0.120. The molecular weight excluding hydrogens is 248 g/mol. The van der Waals surface area contributed by atoms with Gasteiger partial charge in [0.25, 0.3) is 0 Å². The van der Waals surface area contributed by atoms with Gasteiger partial charge in [0, 0.05) is 32.8 Å². The Morgan fingerprint density at radius 1 is 1.20 bits per heavy atom. The summed E-state index contributed by atoms with van der Waals surface area (Å²) in [6, 6.07) is 0.820. The molecule has 2 aliphatic rings. The molecule has 1 aliphatic carbocycles. The minimum absolute atomic E-state index is 0.423. The van der Waals surface area contributed by atoms with Crippen molar-refractivity contribution in [2.45, 2.75) is 65.0 Å². The predicted octanol–water partition coefficient (Wildman–Crippen LogP) is 2.90. The molecule has 118 valence electrons. The summed E-state index contributed by atoms with van der Waals surface area (Å²) in [4.78, 5) is 2.65. The van der Waals surface area contributed by atoms with Crippen LogP contribution < -0.4 is 5.32 Å². The number of nitrogens with zero attached hydrogens (tertiary/aromatic N) is 1. The Labute approximate surface area is 125 Å². The second-order valence-electron chi connectivity index (χ2n) is 7.14. The van der Waals surface area contributed by atoms with Crippen LogP contribution in [0, 0.1) is 11.3 Å². The van der Waals surface area contributed by atoms with Gasteiger partial charge in [-0.15, -0.1) is 0 Å². The maximum absolute atomic E-state index is 5.67. The third kappa shape index (κ3) is 4.19. The van der Waals surface area contributed by atoms with Crippen LogP contribution in [0.15, 0.2) is 0 Å². The predicted molar refractivity (Wildman–Crippen MR) is 85.1 cm³/mol. The van der Waals surface area contributed by atoms with E-state index >= 15 is 0 Å². The van der Waals surface area contributed by atoms with E-state index < -0.39 is 0 Å². The zero-order valence-electron chi connectivity index (χ0n) is 14.0. The topological polar surface area (TPSA) is 24.5 Å². The molecule has 1 saturated heterocycles. The van der Waals surface area contributed by atoms with Crippen LogP contribution in [0.25, 0.3) is 0 Å². The Kier molecular flexibility index (Phi) is 5.88. The molecule has 2 fully saturated rings. The number of rotatable bonds is 8. The van der Waals surface area contributed by atoms with Crippen molar-refractivity contribution >= 4 is 0 Å². The van der Waals surface area contributed by atoms with Crippen molar-refractivity contribution in [1.29, 1.82) is 0 Å². The lowest BCUT2D eigenvalue weighted by molar-refractivity contribution is -0.0192. The van der Waals surface area contributed by atoms with Crippen molar-refractivity contribution in [3.8, 4) is 0 Å².